The second-order valence-corrected chi connectivity index (χ2v) is 5.07. The molecule has 1 aromatic carbocycles. The molecular formula is C15H8FN5S. The second kappa shape index (κ2) is 6.58. The molecule has 0 fully saturated rings. The zero-order valence-electron chi connectivity index (χ0n) is 11.2. The van der Waals surface area contributed by atoms with E-state index in [0.29, 0.717) is 5.56 Å². The Bertz CT molecular complexity index is 858. The van der Waals surface area contributed by atoms with Crippen LogP contribution in [0.1, 0.15) is 11.1 Å². The molecule has 0 aliphatic rings. The van der Waals surface area contributed by atoms with Gasteiger partial charge in [-0.15, -0.1) is 0 Å². The number of rotatable bonds is 3. The third-order valence-electron chi connectivity index (χ3n) is 2.80. The van der Waals surface area contributed by atoms with Crippen LogP contribution in [0.3, 0.4) is 0 Å². The maximum Gasteiger partial charge on any atom is 0.143 e. The molecule has 2 aromatic rings. The van der Waals surface area contributed by atoms with Crippen molar-refractivity contribution in [1.29, 1.82) is 15.8 Å². The Morgan fingerprint density at radius 3 is 2.50 bits per heavy atom. The van der Waals surface area contributed by atoms with Gasteiger partial charge in [0.2, 0.25) is 0 Å². The average molecular weight is 309 g/mol. The molecule has 0 spiro atoms. The molecule has 1 heterocycles. The van der Waals surface area contributed by atoms with Crippen LogP contribution >= 0.6 is 11.8 Å². The zero-order valence-corrected chi connectivity index (χ0v) is 12.0. The van der Waals surface area contributed by atoms with Crippen LogP contribution < -0.4 is 5.73 Å². The second-order valence-electron chi connectivity index (χ2n) is 4.11. The molecule has 22 heavy (non-hydrogen) atoms. The molecule has 0 aliphatic carbocycles. The molecule has 0 atom stereocenters. The van der Waals surface area contributed by atoms with Crippen LogP contribution in [0.15, 0.2) is 29.3 Å². The van der Waals surface area contributed by atoms with E-state index in [0.717, 1.165) is 11.8 Å². The van der Waals surface area contributed by atoms with Gasteiger partial charge in [-0.1, -0.05) is 23.9 Å². The summed E-state index contributed by atoms with van der Waals surface area (Å²) in [5, 5.41) is 27.6. The fourth-order valence-corrected chi connectivity index (χ4v) is 2.59. The predicted molar refractivity (Wildman–Crippen MR) is 79.8 cm³/mol. The van der Waals surface area contributed by atoms with Crippen molar-refractivity contribution in [1.82, 2.24) is 4.98 Å². The Morgan fingerprint density at radius 1 is 1.18 bits per heavy atom. The fourth-order valence-electron chi connectivity index (χ4n) is 1.94. The molecule has 0 radical (unpaired) electrons. The summed E-state index contributed by atoms with van der Waals surface area (Å²) in [5.41, 5.74) is 6.49. The fraction of sp³-hybridized carbons (Fsp3) is 0.0667. The van der Waals surface area contributed by atoms with Crippen LogP contribution in [-0.4, -0.2) is 10.7 Å². The summed E-state index contributed by atoms with van der Waals surface area (Å²) in [4.78, 5) is 4.01. The van der Waals surface area contributed by atoms with Gasteiger partial charge in [-0.05, 0) is 17.7 Å². The van der Waals surface area contributed by atoms with Crippen molar-refractivity contribution in [3.8, 4) is 29.3 Å². The van der Waals surface area contributed by atoms with Gasteiger partial charge in [0.05, 0.1) is 17.4 Å². The molecule has 1 aromatic heterocycles. The predicted octanol–water partition coefficient (Wildman–Crippen LogP) is 2.83. The van der Waals surface area contributed by atoms with Gasteiger partial charge in [-0.2, -0.15) is 15.8 Å². The summed E-state index contributed by atoms with van der Waals surface area (Å²) >= 11 is 1.04. The number of anilines is 1. The van der Waals surface area contributed by atoms with Gasteiger partial charge in [0.15, 0.2) is 0 Å². The first kappa shape index (κ1) is 15.3. The van der Waals surface area contributed by atoms with Gasteiger partial charge in [-0.3, -0.25) is 0 Å². The summed E-state index contributed by atoms with van der Waals surface area (Å²) in [6, 6.07) is 11.3. The number of aromatic nitrogens is 1. The molecule has 2 rings (SSSR count). The van der Waals surface area contributed by atoms with Gasteiger partial charge in [0.25, 0.3) is 0 Å². The van der Waals surface area contributed by atoms with E-state index in [1.54, 1.807) is 6.07 Å². The van der Waals surface area contributed by atoms with Crippen LogP contribution in [0, 0.1) is 39.8 Å². The van der Waals surface area contributed by atoms with Crippen LogP contribution in [0.5, 0.6) is 0 Å². The highest BCUT2D eigenvalue weighted by Crippen LogP contribution is 2.35. The molecule has 0 aliphatic heterocycles. The lowest BCUT2D eigenvalue weighted by atomic mass is 9.97. The molecule has 0 amide bonds. The summed E-state index contributed by atoms with van der Waals surface area (Å²) in [7, 11) is 0. The number of pyridine rings is 1. The minimum Gasteiger partial charge on any atom is -0.383 e. The van der Waals surface area contributed by atoms with Crippen LogP contribution in [0.25, 0.3) is 11.1 Å². The lowest BCUT2D eigenvalue weighted by Crippen LogP contribution is -2.03. The molecule has 2 N–H and O–H groups in total. The third kappa shape index (κ3) is 2.83. The summed E-state index contributed by atoms with van der Waals surface area (Å²) in [5.74, 6) is -0.469. The van der Waals surface area contributed by atoms with Crippen molar-refractivity contribution < 1.29 is 4.39 Å². The Labute approximate surface area is 130 Å². The first-order chi connectivity index (χ1) is 10.6. The molecule has 0 saturated carbocycles. The standard InChI is InChI=1S/C15H8FN5S/c16-10-3-1-2-9(6-10)13-11(7-18)14(20)21-15(12(13)8-19)22-5-4-17/h1-3,6H,5H2,(H2,20,21). The number of hydrogen-bond acceptors (Lipinski definition) is 6. The highest BCUT2D eigenvalue weighted by atomic mass is 32.2. The Hall–Kier alpha value is -3.08. The average Bonchev–Trinajstić information content (AvgIpc) is 2.52. The highest BCUT2D eigenvalue weighted by molar-refractivity contribution is 7.99. The number of nitrogen functional groups attached to an aromatic ring is 1. The Balaban J connectivity index is 2.80. The molecular weight excluding hydrogens is 301 g/mol. The number of nitrogens with zero attached hydrogens (tertiary/aromatic N) is 4. The third-order valence-corrected chi connectivity index (χ3v) is 3.64. The zero-order chi connectivity index (χ0) is 16.1. The number of benzene rings is 1. The van der Waals surface area contributed by atoms with Crippen molar-refractivity contribution in [3.05, 3.63) is 41.2 Å². The topological polar surface area (TPSA) is 110 Å². The minimum absolute atomic E-state index is 0.0171. The molecule has 7 heteroatoms. The maximum atomic E-state index is 13.5. The summed E-state index contributed by atoms with van der Waals surface area (Å²) < 4.78 is 13.5. The monoisotopic (exact) mass is 309 g/mol. The molecule has 0 bridgehead atoms. The molecule has 106 valence electrons. The maximum absolute atomic E-state index is 13.5. The van der Waals surface area contributed by atoms with E-state index in [1.807, 2.05) is 18.2 Å². The normalized spacial score (nSPS) is 9.55. The van der Waals surface area contributed by atoms with E-state index in [2.05, 4.69) is 4.98 Å². The molecule has 5 nitrogen and oxygen atoms in total. The SMILES string of the molecule is N#CCSc1nc(N)c(C#N)c(-c2cccc(F)c2)c1C#N. The summed E-state index contributed by atoms with van der Waals surface area (Å²) in [6.45, 7) is 0. The Kier molecular flexibility index (Phi) is 4.58. The summed E-state index contributed by atoms with van der Waals surface area (Å²) in [6.07, 6.45) is 0. The number of nitriles is 3. The first-order valence-corrected chi connectivity index (χ1v) is 7.00. The lowest BCUT2D eigenvalue weighted by Gasteiger charge is -2.12. The van der Waals surface area contributed by atoms with Gasteiger partial charge in [0.1, 0.15) is 34.4 Å². The van der Waals surface area contributed by atoms with Crippen molar-refractivity contribution in [3.63, 3.8) is 0 Å². The van der Waals surface area contributed by atoms with E-state index < -0.39 is 5.82 Å². The van der Waals surface area contributed by atoms with Gasteiger partial charge in [-0.25, -0.2) is 9.37 Å². The van der Waals surface area contributed by atoms with E-state index in [1.165, 1.54) is 18.2 Å². The highest BCUT2D eigenvalue weighted by Gasteiger charge is 2.20. The van der Waals surface area contributed by atoms with E-state index in [4.69, 9.17) is 11.0 Å². The van der Waals surface area contributed by atoms with Crippen molar-refractivity contribution >= 4 is 17.6 Å². The van der Waals surface area contributed by atoms with E-state index >= 15 is 0 Å². The van der Waals surface area contributed by atoms with Gasteiger partial charge in [0, 0.05) is 5.56 Å². The Morgan fingerprint density at radius 2 is 1.91 bits per heavy atom. The number of nitrogens with two attached hydrogens (primary N) is 1. The molecule has 0 unspecified atom stereocenters. The lowest BCUT2D eigenvalue weighted by molar-refractivity contribution is 0.628. The smallest absolute Gasteiger partial charge is 0.143 e. The molecule has 0 saturated heterocycles. The number of hydrogen-bond donors (Lipinski definition) is 1. The van der Waals surface area contributed by atoms with E-state index in [9.17, 15) is 14.9 Å². The van der Waals surface area contributed by atoms with Crippen molar-refractivity contribution in [2.45, 2.75) is 5.03 Å². The van der Waals surface area contributed by atoms with Crippen molar-refractivity contribution in [2.24, 2.45) is 0 Å². The minimum atomic E-state index is -0.494. The number of thioether (sulfide) groups is 1. The van der Waals surface area contributed by atoms with Crippen LogP contribution in [0.2, 0.25) is 0 Å². The van der Waals surface area contributed by atoms with Crippen LogP contribution in [-0.2, 0) is 0 Å². The largest absolute Gasteiger partial charge is 0.383 e. The van der Waals surface area contributed by atoms with E-state index in [-0.39, 0.29) is 33.3 Å². The quantitative estimate of drug-likeness (QED) is 0.873. The first-order valence-electron chi connectivity index (χ1n) is 6.01. The number of halogens is 1. The van der Waals surface area contributed by atoms with Crippen molar-refractivity contribution in [2.75, 3.05) is 11.5 Å². The van der Waals surface area contributed by atoms with Gasteiger partial charge < -0.3 is 5.73 Å². The van der Waals surface area contributed by atoms with Gasteiger partial charge >= 0.3 is 0 Å². The van der Waals surface area contributed by atoms with Crippen LogP contribution in [0.4, 0.5) is 10.2 Å².